The van der Waals surface area contributed by atoms with Crippen molar-refractivity contribution in [1.29, 1.82) is 0 Å². The van der Waals surface area contributed by atoms with Gasteiger partial charge in [0.15, 0.2) is 0 Å². The number of carbonyl (C=O) groups excluding carboxylic acids is 1. The number of hydrogen-bond donors (Lipinski definition) is 1. The van der Waals surface area contributed by atoms with E-state index >= 15 is 0 Å². The second-order valence-electron chi connectivity index (χ2n) is 6.46. The van der Waals surface area contributed by atoms with Gasteiger partial charge in [-0.15, -0.1) is 0 Å². The van der Waals surface area contributed by atoms with Gasteiger partial charge in [0.25, 0.3) is 0 Å². The Morgan fingerprint density at radius 2 is 1.63 bits per heavy atom. The number of benzene rings is 2. The summed E-state index contributed by atoms with van der Waals surface area (Å²) in [4.78, 5) is 12.5. The first-order valence-electron chi connectivity index (χ1n) is 8.70. The molecule has 0 bridgehead atoms. The minimum absolute atomic E-state index is 0.129. The Kier molecular flexibility index (Phi) is 6.42. The van der Waals surface area contributed by atoms with E-state index in [1.54, 1.807) is 42.5 Å². The number of carbonyl (C=O) groups is 1. The summed E-state index contributed by atoms with van der Waals surface area (Å²) in [6.45, 7) is 1.13. The highest BCUT2D eigenvalue weighted by molar-refractivity contribution is 7.89. The molecule has 0 aliphatic carbocycles. The molecule has 2 aromatic rings. The van der Waals surface area contributed by atoms with Crippen molar-refractivity contribution in [3.8, 4) is 0 Å². The Morgan fingerprint density at radius 1 is 0.963 bits per heavy atom. The second-order valence-corrected chi connectivity index (χ2v) is 9.21. The van der Waals surface area contributed by atoms with Gasteiger partial charge in [-0.1, -0.05) is 41.8 Å². The molecule has 1 fully saturated rings. The van der Waals surface area contributed by atoms with Crippen molar-refractivity contribution in [2.24, 2.45) is 0 Å². The average molecular weight is 427 g/mol. The molecule has 144 valence electrons. The first kappa shape index (κ1) is 20.1. The van der Waals surface area contributed by atoms with Gasteiger partial charge in [-0.05, 0) is 48.7 Å². The molecule has 0 unspecified atom stereocenters. The molecule has 5 nitrogen and oxygen atoms in total. The molecule has 1 saturated heterocycles. The molecule has 8 heteroatoms. The fraction of sp³-hybridized carbons (Fsp3) is 0.316. The van der Waals surface area contributed by atoms with Crippen molar-refractivity contribution in [2.75, 3.05) is 18.4 Å². The molecule has 0 atom stereocenters. The SMILES string of the molecule is O=C(Cc1ccc(S(=O)(=O)N2CCCCC2)cc1)Nc1ccc(Cl)c(Cl)c1. The number of anilines is 1. The normalized spacial score (nSPS) is 15.5. The van der Waals surface area contributed by atoms with Crippen LogP contribution in [0.2, 0.25) is 10.0 Å². The van der Waals surface area contributed by atoms with Crippen molar-refractivity contribution in [3.63, 3.8) is 0 Å². The van der Waals surface area contributed by atoms with Gasteiger partial charge >= 0.3 is 0 Å². The molecule has 0 spiro atoms. The lowest BCUT2D eigenvalue weighted by atomic mass is 10.1. The summed E-state index contributed by atoms with van der Waals surface area (Å²) in [5.41, 5.74) is 1.28. The molecule has 1 heterocycles. The standard InChI is InChI=1S/C19H20Cl2N2O3S/c20-17-9-6-15(13-18(17)21)22-19(24)12-14-4-7-16(8-5-14)27(25,26)23-10-2-1-3-11-23/h4-9,13H,1-3,10-12H2,(H,22,24). The molecule has 0 aromatic heterocycles. The molecular weight excluding hydrogens is 407 g/mol. The van der Waals surface area contributed by atoms with Crippen LogP contribution in [0.3, 0.4) is 0 Å². The highest BCUT2D eigenvalue weighted by Gasteiger charge is 2.25. The maximum atomic E-state index is 12.6. The summed E-state index contributed by atoms with van der Waals surface area (Å²) in [5, 5.41) is 3.53. The van der Waals surface area contributed by atoms with Crippen LogP contribution in [0.1, 0.15) is 24.8 Å². The molecular formula is C19H20Cl2N2O3S. The Labute approximate surface area is 169 Å². The van der Waals surface area contributed by atoms with Gasteiger partial charge in [-0.25, -0.2) is 8.42 Å². The van der Waals surface area contributed by atoms with E-state index in [0.29, 0.717) is 28.8 Å². The Bertz CT molecular complexity index is 924. The summed E-state index contributed by atoms with van der Waals surface area (Å²) in [6.07, 6.45) is 2.99. The van der Waals surface area contributed by atoms with Gasteiger partial charge in [0.1, 0.15) is 0 Å². The zero-order valence-electron chi connectivity index (χ0n) is 14.6. The zero-order chi connectivity index (χ0) is 19.4. The first-order valence-corrected chi connectivity index (χ1v) is 10.9. The van der Waals surface area contributed by atoms with Crippen molar-refractivity contribution in [2.45, 2.75) is 30.6 Å². The van der Waals surface area contributed by atoms with E-state index in [9.17, 15) is 13.2 Å². The quantitative estimate of drug-likeness (QED) is 0.772. The van der Waals surface area contributed by atoms with Crippen LogP contribution >= 0.6 is 23.2 Å². The zero-order valence-corrected chi connectivity index (χ0v) is 16.9. The van der Waals surface area contributed by atoms with E-state index in [1.807, 2.05) is 0 Å². The number of sulfonamides is 1. The van der Waals surface area contributed by atoms with E-state index in [4.69, 9.17) is 23.2 Å². The number of rotatable bonds is 5. The molecule has 27 heavy (non-hydrogen) atoms. The fourth-order valence-corrected chi connectivity index (χ4v) is 4.81. The van der Waals surface area contributed by atoms with Crippen LogP contribution in [0.25, 0.3) is 0 Å². The number of nitrogens with zero attached hydrogens (tertiary/aromatic N) is 1. The Balaban J connectivity index is 1.64. The van der Waals surface area contributed by atoms with E-state index < -0.39 is 10.0 Å². The van der Waals surface area contributed by atoms with Gasteiger partial charge in [0.05, 0.1) is 21.4 Å². The van der Waals surface area contributed by atoms with Gasteiger partial charge in [-0.2, -0.15) is 4.31 Å². The fourth-order valence-electron chi connectivity index (χ4n) is 3.00. The molecule has 0 radical (unpaired) electrons. The summed E-state index contributed by atoms with van der Waals surface area (Å²) in [5.74, 6) is -0.222. The second kappa shape index (κ2) is 8.61. The lowest BCUT2D eigenvalue weighted by molar-refractivity contribution is -0.115. The van der Waals surface area contributed by atoms with Crippen LogP contribution in [-0.4, -0.2) is 31.7 Å². The number of halogens is 2. The predicted octanol–water partition coefficient (Wildman–Crippen LogP) is 4.35. The summed E-state index contributed by atoms with van der Waals surface area (Å²) in [6, 6.07) is 11.3. The van der Waals surface area contributed by atoms with E-state index in [0.717, 1.165) is 24.8 Å². The number of piperidine rings is 1. The highest BCUT2D eigenvalue weighted by Crippen LogP contribution is 2.25. The summed E-state index contributed by atoms with van der Waals surface area (Å²) < 4.78 is 26.8. The van der Waals surface area contributed by atoms with Gasteiger partial charge in [0.2, 0.25) is 15.9 Å². The molecule has 0 saturated carbocycles. The van der Waals surface area contributed by atoms with E-state index in [-0.39, 0.29) is 17.2 Å². The lowest BCUT2D eigenvalue weighted by Crippen LogP contribution is -2.35. The molecule has 1 N–H and O–H groups in total. The summed E-state index contributed by atoms with van der Waals surface area (Å²) >= 11 is 11.8. The third-order valence-corrected chi connectivity index (χ3v) is 7.10. The topological polar surface area (TPSA) is 66.5 Å². The van der Waals surface area contributed by atoms with Crippen molar-refractivity contribution < 1.29 is 13.2 Å². The van der Waals surface area contributed by atoms with E-state index in [2.05, 4.69) is 5.32 Å². The van der Waals surface area contributed by atoms with Crippen LogP contribution in [0.5, 0.6) is 0 Å². The predicted molar refractivity (Wildman–Crippen MR) is 108 cm³/mol. The molecule has 1 amide bonds. The lowest BCUT2D eigenvalue weighted by Gasteiger charge is -2.25. The largest absolute Gasteiger partial charge is 0.326 e. The maximum Gasteiger partial charge on any atom is 0.243 e. The van der Waals surface area contributed by atoms with Crippen LogP contribution in [0.4, 0.5) is 5.69 Å². The third-order valence-electron chi connectivity index (χ3n) is 4.44. The van der Waals surface area contributed by atoms with Gasteiger partial charge < -0.3 is 5.32 Å². The van der Waals surface area contributed by atoms with Crippen LogP contribution in [-0.2, 0) is 21.2 Å². The minimum Gasteiger partial charge on any atom is -0.326 e. The molecule has 1 aliphatic heterocycles. The molecule has 3 rings (SSSR count). The monoisotopic (exact) mass is 426 g/mol. The Hall–Kier alpha value is -1.60. The van der Waals surface area contributed by atoms with Crippen LogP contribution in [0, 0.1) is 0 Å². The van der Waals surface area contributed by atoms with E-state index in [1.165, 1.54) is 4.31 Å². The summed E-state index contributed by atoms with van der Waals surface area (Å²) in [7, 11) is -3.46. The number of amides is 1. The Morgan fingerprint density at radius 3 is 2.26 bits per heavy atom. The number of hydrogen-bond acceptors (Lipinski definition) is 3. The average Bonchev–Trinajstić information content (AvgIpc) is 2.66. The van der Waals surface area contributed by atoms with Crippen molar-refractivity contribution in [3.05, 3.63) is 58.1 Å². The van der Waals surface area contributed by atoms with Gasteiger partial charge in [-0.3, -0.25) is 4.79 Å². The van der Waals surface area contributed by atoms with Gasteiger partial charge in [0, 0.05) is 18.8 Å². The molecule has 2 aromatic carbocycles. The van der Waals surface area contributed by atoms with Crippen LogP contribution in [0.15, 0.2) is 47.4 Å². The maximum absolute atomic E-state index is 12.6. The van der Waals surface area contributed by atoms with Crippen LogP contribution < -0.4 is 5.32 Å². The minimum atomic E-state index is -3.46. The van der Waals surface area contributed by atoms with Crippen molar-refractivity contribution >= 4 is 44.8 Å². The molecule has 1 aliphatic rings. The number of nitrogens with one attached hydrogen (secondary N) is 1. The highest BCUT2D eigenvalue weighted by atomic mass is 35.5. The first-order chi connectivity index (χ1) is 12.9. The smallest absolute Gasteiger partial charge is 0.243 e. The third kappa shape index (κ3) is 5.02. The van der Waals surface area contributed by atoms with Crippen molar-refractivity contribution in [1.82, 2.24) is 4.31 Å².